The number of aliphatic hydroxyl groups excluding tert-OH is 1. The highest BCUT2D eigenvalue weighted by Crippen LogP contribution is 2.39. The lowest BCUT2D eigenvalue weighted by Crippen LogP contribution is -2.23. The van der Waals surface area contributed by atoms with Gasteiger partial charge in [0.1, 0.15) is 0 Å². The van der Waals surface area contributed by atoms with E-state index in [4.69, 9.17) is 0 Å². The van der Waals surface area contributed by atoms with Crippen LogP contribution in [0, 0.1) is 5.41 Å². The number of allylic oxidation sites excluding steroid dienone is 3. The molecule has 1 aliphatic carbocycles. The average Bonchev–Trinajstić information content (AvgIpc) is 2.30. The van der Waals surface area contributed by atoms with E-state index in [1.165, 1.54) is 0 Å². The number of benzene rings is 1. The van der Waals surface area contributed by atoms with E-state index in [-0.39, 0.29) is 5.41 Å². The predicted molar refractivity (Wildman–Crippen MR) is 62.4 cm³/mol. The van der Waals surface area contributed by atoms with Crippen molar-refractivity contribution >= 4 is 0 Å². The van der Waals surface area contributed by atoms with Gasteiger partial charge in [-0.15, -0.1) is 0 Å². The number of hydrogen-bond donors (Lipinski definition) is 1. The topological polar surface area (TPSA) is 20.2 Å². The van der Waals surface area contributed by atoms with Crippen LogP contribution in [0.1, 0.15) is 25.0 Å². The molecule has 0 unspecified atom stereocenters. The van der Waals surface area contributed by atoms with Gasteiger partial charge in [-0.05, 0) is 12.0 Å². The van der Waals surface area contributed by atoms with Crippen LogP contribution in [0.4, 0.5) is 0 Å². The molecule has 1 N–H and O–H groups in total. The lowest BCUT2D eigenvalue weighted by atomic mass is 9.76. The van der Waals surface area contributed by atoms with Crippen LogP contribution in [-0.4, -0.2) is 5.11 Å². The van der Waals surface area contributed by atoms with Gasteiger partial charge in [0.2, 0.25) is 0 Å². The highest BCUT2D eigenvalue weighted by Gasteiger charge is 2.30. The van der Waals surface area contributed by atoms with E-state index in [2.05, 4.69) is 19.1 Å². The van der Waals surface area contributed by atoms with E-state index in [1.807, 2.05) is 42.5 Å². The van der Waals surface area contributed by atoms with Crippen molar-refractivity contribution in [3.05, 3.63) is 60.2 Å². The summed E-state index contributed by atoms with van der Waals surface area (Å²) in [6.45, 7) is 2.09. The van der Waals surface area contributed by atoms with E-state index in [9.17, 15) is 5.11 Å². The van der Waals surface area contributed by atoms with Crippen molar-refractivity contribution in [1.29, 1.82) is 0 Å². The van der Waals surface area contributed by atoms with Crippen molar-refractivity contribution < 1.29 is 5.11 Å². The van der Waals surface area contributed by atoms with Gasteiger partial charge in [0.15, 0.2) is 0 Å². The number of aliphatic hydroxyl groups is 1. The summed E-state index contributed by atoms with van der Waals surface area (Å²) in [6.07, 6.45) is 8.69. The molecule has 1 aromatic carbocycles. The standard InChI is InChI=1S/C14H16O/c1-14(10-6-3-7-11-14)13(15)12-8-4-2-5-9-12/h2-10,13,15H,11H2,1H3/t13-,14-/m1/s1. The fourth-order valence-electron chi connectivity index (χ4n) is 1.96. The molecule has 0 amide bonds. The van der Waals surface area contributed by atoms with E-state index < -0.39 is 6.10 Å². The molecule has 0 heterocycles. The first kappa shape index (κ1) is 10.2. The fraction of sp³-hybridized carbons (Fsp3) is 0.286. The van der Waals surface area contributed by atoms with E-state index >= 15 is 0 Å². The Bertz CT molecular complexity index is 378. The van der Waals surface area contributed by atoms with Crippen LogP contribution < -0.4 is 0 Å². The SMILES string of the molecule is C[C@@]1([C@H](O)c2ccccc2)C=CC=CC1. The summed E-state index contributed by atoms with van der Waals surface area (Å²) in [5.74, 6) is 0. The highest BCUT2D eigenvalue weighted by atomic mass is 16.3. The fourth-order valence-corrected chi connectivity index (χ4v) is 1.96. The molecule has 0 radical (unpaired) electrons. The van der Waals surface area contributed by atoms with Gasteiger partial charge in [-0.3, -0.25) is 0 Å². The van der Waals surface area contributed by atoms with Crippen LogP contribution in [0.2, 0.25) is 0 Å². The van der Waals surface area contributed by atoms with Crippen LogP contribution in [0.15, 0.2) is 54.6 Å². The molecular weight excluding hydrogens is 184 g/mol. The molecule has 1 nitrogen and oxygen atoms in total. The monoisotopic (exact) mass is 200 g/mol. The Kier molecular flexibility index (Phi) is 2.74. The summed E-state index contributed by atoms with van der Waals surface area (Å²) in [6, 6.07) is 9.84. The molecule has 2 atom stereocenters. The second kappa shape index (κ2) is 4.03. The van der Waals surface area contributed by atoms with E-state index in [0.717, 1.165) is 12.0 Å². The van der Waals surface area contributed by atoms with Gasteiger partial charge in [-0.25, -0.2) is 0 Å². The van der Waals surface area contributed by atoms with Crippen LogP contribution >= 0.6 is 0 Å². The van der Waals surface area contributed by atoms with Gasteiger partial charge < -0.3 is 5.11 Å². The maximum Gasteiger partial charge on any atom is 0.0881 e. The zero-order chi connectivity index (χ0) is 10.7. The first-order valence-corrected chi connectivity index (χ1v) is 5.30. The third kappa shape index (κ3) is 2.02. The van der Waals surface area contributed by atoms with Crippen molar-refractivity contribution in [2.24, 2.45) is 5.41 Å². The molecule has 1 heteroatoms. The highest BCUT2D eigenvalue weighted by molar-refractivity contribution is 5.25. The quantitative estimate of drug-likeness (QED) is 0.777. The van der Waals surface area contributed by atoms with Gasteiger partial charge in [0.25, 0.3) is 0 Å². The third-order valence-corrected chi connectivity index (χ3v) is 3.02. The predicted octanol–water partition coefficient (Wildman–Crippen LogP) is 3.24. The van der Waals surface area contributed by atoms with Crippen molar-refractivity contribution in [2.75, 3.05) is 0 Å². The first-order chi connectivity index (χ1) is 7.22. The maximum absolute atomic E-state index is 10.3. The summed E-state index contributed by atoms with van der Waals surface area (Å²) in [5, 5.41) is 10.3. The molecule has 0 bridgehead atoms. The molecule has 0 aromatic heterocycles. The van der Waals surface area contributed by atoms with Crippen molar-refractivity contribution in [3.63, 3.8) is 0 Å². The smallest absolute Gasteiger partial charge is 0.0881 e. The Balaban J connectivity index is 2.24. The number of rotatable bonds is 2. The number of hydrogen-bond acceptors (Lipinski definition) is 1. The molecule has 78 valence electrons. The first-order valence-electron chi connectivity index (χ1n) is 5.30. The summed E-state index contributed by atoms with van der Waals surface area (Å²) < 4.78 is 0. The maximum atomic E-state index is 10.3. The van der Waals surface area contributed by atoms with Crippen molar-refractivity contribution in [1.82, 2.24) is 0 Å². The van der Waals surface area contributed by atoms with Crippen LogP contribution in [0.3, 0.4) is 0 Å². The van der Waals surface area contributed by atoms with Crippen LogP contribution in [0.5, 0.6) is 0 Å². The average molecular weight is 200 g/mol. The molecule has 0 aliphatic heterocycles. The summed E-state index contributed by atoms with van der Waals surface area (Å²) in [4.78, 5) is 0. The Morgan fingerprint density at radius 3 is 2.53 bits per heavy atom. The van der Waals surface area contributed by atoms with E-state index in [0.29, 0.717) is 0 Å². The van der Waals surface area contributed by atoms with Crippen LogP contribution in [0.25, 0.3) is 0 Å². The van der Waals surface area contributed by atoms with E-state index in [1.54, 1.807) is 0 Å². The lowest BCUT2D eigenvalue weighted by Gasteiger charge is -2.32. The zero-order valence-electron chi connectivity index (χ0n) is 8.93. The van der Waals surface area contributed by atoms with Gasteiger partial charge in [-0.2, -0.15) is 0 Å². The summed E-state index contributed by atoms with van der Waals surface area (Å²) >= 11 is 0. The van der Waals surface area contributed by atoms with Crippen molar-refractivity contribution in [3.8, 4) is 0 Å². The largest absolute Gasteiger partial charge is 0.388 e. The summed E-state index contributed by atoms with van der Waals surface area (Å²) in [5.41, 5.74) is 0.816. The van der Waals surface area contributed by atoms with Gasteiger partial charge in [0, 0.05) is 5.41 Å². The molecule has 1 aliphatic rings. The third-order valence-electron chi connectivity index (χ3n) is 3.02. The Morgan fingerprint density at radius 2 is 1.93 bits per heavy atom. The molecule has 15 heavy (non-hydrogen) atoms. The molecule has 0 spiro atoms. The van der Waals surface area contributed by atoms with Gasteiger partial charge >= 0.3 is 0 Å². The molecule has 0 fully saturated rings. The lowest BCUT2D eigenvalue weighted by molar-refractivity contribution is 0.0709. The van der Waals surface area contributed by atoms with Crippen LogP contribution in [-0.2, 0) is 0 Å². The zero-order valence-corrected chi connectivity index (χ0v) is 8.93. The minimum absolute atomic E-state index is 0.171. The van der Waals surface area contributed by atoms with Crippen molar-refractivity contribution in [2.45, 2.75) is 19.4 Å². The van der Waals surface area contributed by atoms with Gasteiger partial charge in [0.05, 0.1) is 6.10 Å². The molecule has 0 saturated carbocycles. The minimum atomic E-state index is -0.431. The Morgan fingerprint density at radius 1 is 1.20 bits per heavy atom. The Hall–Kier alpha value is -1.34. The minimum Gasteiger partial charge on any atom is -0.388 e. The Labute approximate surface area is 90.8 Å². The molecular formula is C14H16O. The normalized spacial score (nSPS) is 26.5. The molecule has 2 rings (SSSR count). The second-order valence-corrected chi connectivity index (χ2v) is 4.31. The second-order valence-electron chi connectivity index (χ2n) is 4.31. The van der Waals surface area contributed by atoms with Gasteiger partial charge in [-0.1, -0.05) is 61.6 Å². The molecule has 0 saturated heterocycles. The molecule has 1 aromatic rings. The summed E-state index contributed by atoms with van der Waals surface area (Å²) in [7, 11) is 0.